The summed E-state index contributed by atoms with van der Waals surface area (Å²) in [4.78, 5) is 0. The Labute approximate surface area is 98.7 Å². The molecule has 0 saturated carbocycles. The average Bonchev–Trinajstić information content (AvgIpc) is 2.82. The fourth-order valence-corrected chi connectivity index (χ4v) is 2.50. The Morgan fingerprint density at radius 1 is 1.59 bits per heavy atom. The number of morpholine rings is 1. The van der Waals surface area contributed by atoms with Crippen LogP contribution < -0.4 is 0 Å². The lowest BCUT2D eigenvalue weighted by molar-refractivity contribution is -0.278. The van der Waals surface area contributed by atoms with Gasteiger partial charge in [-0.15, -0.1) is 12.7 Å². The number of furan rings is 1. The van der Waals surface area contributed by atoms with Crippen molar-refractivity contribution in [2.45, 2.75) is 6.10 Å². The van der Waals surface area contributed by atoms with Crippen LogP contribution in [0.25, 0.3) is 0 Å². The summed E-state index contributed by atoms with van der Waals surface area (Å²) in [7, 11) is -4.05. The second-order valence-electron chi connectivity index (χ2n) is 3.54. The second kappa shape index (κ2) is 4.47. The summed E-state index contributed by atoms with van der Waals surface area (Å²) in [5, 5.41) is 10.9. The van der Waals surface area contributed by atoms with E-state index < -0.39 is 16.3 Å². The van der Waals surface area contributed by atoms with Crippen LogP contribution in [0.5, 0.6) is 0 Å². The normalized spacial score (nSPS) is 22.5. The molecule has 7 nitrogen and oxygen atoms in total. The van der Waals surface area contributed by atoms with Crippen molar-refractivity contribution in [3.05, 3.63) is 29.4 Å². The molecule has 1 fully saturated rings. The van der Waals surface area contributed by atoms with E-state index in [0.29, 0.717) is 5.76 Å². The highest BCUT2D eigenvalue weighted by molar-refractivity contribution is 7.83. The van der Waals surface area contributed by atoms with E-state index in [4.69, 9.17) is 9.15 Å². The number of hydrogen-bond acceptors (Lipinski definition) is 5. The molecule has 1 atom stereocenters. The molecular weight excluding hydrogens is 248 g/mol. The Morgan fingerprint density at radius 3 is 2.94 bits per heavy atom. The zero-order valence-corrected chi connectivity index (χ0v) is 9.80. The summed E-state index contributed by atoms with van der Waals surface area (Å²) in [6, 6.07) is 3.38. The van der Waals surface area contributed by atoms with Gasteiger partial charge in [0.25, 0.3) is 0 Å². The number of ether oxygens (including phenoxy) is 1. The average molecular weight is 260 g/mol. The molecule has 0 bridgehead atoms. The molecule has 2 heterocycles. The van der Waals surface area contributed by atoms with Crippen LogP contribution in [-0.4, -0.2) is 43.3 Å². The van der Waals surface area contributed by atoms with E-state index in [0.717, 1.165) is 4.31 Å². The van der Waals surface area contributed by atoms with Crippen molar-refractivity contribution in [1.29, 1.82) is 0 Å². The molecular formula is C9H12N2O5S. The number of hydrogen-bond donors (Lipinski definition) is 0. The summed E-state index contributed by atoms with van der Waals surface area (Å²) in [5.74, 6) is 0.534. The first-order valence-electron chi connectivity index (χ1n) is 4.95. The molecule has 1 aromatic rings. The molecule has 8 heteroatoms. The van der Waals surface area contributed by atoms with E-state index in [9.17, 15) is 13.6 Å². The van der Waals surface area contributed by atoms with Crippen LogP contribution >= 0.6 is 0 Å². The summed E-state index contributed by atoms with van der Waals surface area (Å²) >= 11 is 0. The molecule has 1 aliphatic heterocycles. The maximum Gasteiger partial charge on any atom is 0.453 e. The lowest BCUT2D eigenvalue weighted by Crippen LogP contribution is -2.44. The number of rotatable bonds is 3. The van der Waals surface area contributed by atoms with Crippen molar-refractivity contribution < 1.29 is 21.7 Å². The van der Waals surface area contributed by atoms with Crippen molar-refractivity contribution in [1.82, 2.24) is 4.31 Å². The van der Waals surface area contributed by atoms with Gasteiger partial charge in [-0.05, 0) is 12.1 Å². The minimum Gasteiger partial charge on any atom is -0.607 e. The van der Waals surface area contributed by atoms with Gasteiger partial charge in [0.15, 0.2) is 6.72 Å². The Kier molecular flexibility index (Phi) is 3.18. The van der Waals surface area contributed by atoms with Gasteiger partial charge in [0.1, 0.15) is 11.9 Å². The highest BCUT2D eigenvalue weighted by Crippen LogP contribution is 2.24. The molecule has 1 unspecified atom stereocenters. The van der Waals surface area contributed by atoms with E-state index in [1.807, 2.05) is 0 Å². The Morgan fingerprint density at radius 2 is 2.35 bits per heavy atom. The largest absolute Gasteiger partial charge is 0.607 e. The van der Waals surface area contributed by atoms with Gasteiger partial charge in [-0.2, -0.15) is 0 Å². The van der Waals surface area contributed by atoms with Crippen LogP contribution in [0.4, 0.5) is 0 Å². The van der Waals surface area contributed by atoms with Crippen LogP contribution in [-0.2, 0) is 14.9 Å². The van der Waals surface area contributed by atoms with Crippen molar-refractivity contribution >= 4 is 16.9 Å². The first kappa shape index (κ1) is 12.1. The van der Waals surface area contributed by atoms with Crippen LogP contribution in [0.1, 0.15) is 11.9 Å². The topological polar surface area (TPSA) is 85.8 Å². The van der Waals surface area contributed by atoms with Gasteiger partial charge in [0.2, 0.25) is 0 Å². The van der Waals surface area contributed by atoms with Gasteiger partial charge in [0, 0.05) is 6.54 Å². The molecule has 0 radical (unpaired) electrons. The van der Waals surface area contributed by atoms with E-state index in [1.165, 1.54) is 6.26 Å². The van der Waals surface area contributed by atoms with Gasteiger partial charge < -0.3 is 14.4 Å². The smallest absolute Gasteiger partial charge is 0.453 e. The third-order valence-electron chi connectivity index (χ3n) is 2.47. The number of nitrogens with zero attached hydrogens (tertiary/aromatic N) is 2. The summed E-state index contributed by atoms with van der Waals surface area (Å²) in [5.41, 5.74) is 0. The van der Waals surface area contributed by atoms with Crippen LogP contribution in [0.2, 0.25) is 0 Å². The molecule has 0 amide bonds. The van der Waals surface area contributed by atoms with Crippen molar-refractivity contribution in [3.8, 4) is 0 Å². The molecule has 94 valence electrons. The minimum absolute atomic E-state index is 0.0457. The molecule has 0 aliphatic carbocycles. The standard InChI is InChI=1S/C9H12N2O5S/c1-10(12)17(13,14)11-4-6-16-9(7-11)8-3-2-5-15-8/h2-3,5,9H,1,4,6-7H2. The summed E-state index contributed by atoms with van der Waals surface area (Å²) in [6.45, 7) is 3.24. The quantitative estimate of drug-likeness (QED) is 0.333. The predicted molar refractivity (Wildman–Crippen MR) is 58.6 cm³/mol. The van der Waals surface area contributed by atoms with Gasteiger partial charge in [-0.3, -0.25) is 0 Å². The maximum atomic E-state index is 11.6. The van der Waals surface area contributed by atoms with Gasteiger partial charge in [0.05, 0.1) is 19.4 Å². The SMILES string of the molecule is C=[N+]([O-])S(=O)(=O)N1CCOC(c2ccco2)C1. The molecule has 1 saturated heterocycles. The molecule has 17 heavy (non-hydrogen) atoms. The van der Waals surface area contributed by atoms with Gasteiger partial charge in [-0.1, -0.05) is 4.14 Å². The van der Waals surface area contributed by atoms with Gasteiger partial charge >= 0.3 is 10.2 Å². The third kappa shape index (κ3) is 2.33. The second-order valence-corrected chi connectivity index (χ2v) is 5.36. The Hall–Kier alpha value is -1.38. The first-order valence-corrected chi connectivity index (χ1v) is 6.34. The van der Waals surface area contributed by atoms with Gasteiger partial charge in [-0.25, -0.2) is 0 Å². The summed E-state index contributed by atoms with van der Waals surface area (Å²) < 4.78 is 34.4. The Balaban J connectivity index is 2.16. The lowest BCUT2D eigenvalue weighted by atomic mass is 10.2. The zero-order chi connectivity index (χ0) is 12.5. The van der Waals surface area contributed by atoms with Crippen molar-refractivity contribution in [3.63, 3.8) is 0 Å². The molecule has 0 spiro atoms. The highest BCUT2D eigenvalue weighted by atomic mass is 32.2. The maximum absolute atomic E-state index is 11.6. The van der Waals surface area contributed by atoms with Crippen molar-refractivity contribution in [2.75, 3.05) is 19.7 Å². The van der Waals surface area contributed by atoms with Crippen molar-refractivity contribution in [2.24, 2.45) is 0 Å². The molecule has 0 aromatic carbocycles. The molecule has 1 aliphatic rings. The summed E-state index contributed by atoms with van der Waals surface area (Å²) in [6.07, 6.45) is 0.987. The van der Waals surface area contributed by atoms with E-state index >= 15 is 0 Å². The molecule has 2 rings (SSSR count). The van der Waals surface area contributed by atoms with E-state index in [2.05, 4.69) is 6.72 Å². The van der Waals surface area contributed by atoms with Crippen LogP contribution in [0.3, 0.4) is 0 Å². The Bertz CT molecular complexity index is 495. The zero-order valence-electron chi connectivity index (χ0n) is 8.98. The van der Waals surface area contributed by atoms with E-state index in [1.54, 1.807) is 12.1 Å². The molecule has 1 aromatic heterocycles. The lowest BCUT2D eigenvalue weighted by Gasteiger charge is -2.28. The van der Waals surface area contributed by atoms with Crippen LogP contribution in [0, 0.1) is 5.21 Å². The van der Waals surface area contributed by atoms with Crippen LogP contribution in [0.15, 0.2) is 22.8 Å². The first-order chi connectivity index (χ1) is 8.01. The highest BCUT2D eigenvalue weighted by Gasteiger charge is 2.35. The van der Waals surface area contributed by atoms with E-state index in [-0.39, 0.29) is 23.8 Å². The minimum atomic E-state index is -4.05. The fraction of sp³-hybridized carbons (Fsp3) is 0.444. The monoisotopic (exact) mass is 260 g/mol. The fourth-order valence-electron chi connectivity index (χ4n) is 1.61. The third-order valence-corrected chi connectivity index (χ3v) is 3.97. The molecule has 0 N–H and O–H groups in total. The predicted octanol–water partition coefficient (Wildman–Crippen LogP) is 0.109.